The van der Waals surface area contributed by atoms with Gasteiger partial charge in [0.1, 0.15) is 5.75 Å². The molecule has 0 atom stereocenters. The van der Waals surface area contributed by atoms with Gasteiger partial charge in [0.2, 0.25) is 5.91 Å². The second-order valence-electron chi connectivity index (χ2n) is 6.53. The molecule has 0 aromatic heterocycles. The number of hydrogen-bond acceptors (Lipinski definition) is 4. The van der Waals surface area contributed by atoms with Crippen molar-refractivity contribution in [2.75, 3.05) is 39.2 Å². The monoisotopic (exact) mass is 383 g/mol. The fourth-order valence-corrected chi connectivity index (χ4v) is 2.88. The molecule has 0 fully saturated rings. The topological polar surface area (TPSA) is 70.7 Å². The Labute approximate surface area is 166 Å². The van der Waals surface area contributed by atoms with Gasteiger partial charge in [0, 0.05) is 20.0 Å². The summed E-state index contributed by atoms with van der Waals surface area (Å²) in [6.45, 7) is 1.30. The van der Waals surface area contributed by atoms with E-state index in [4.69, 9.17) is 4.74 Å². The van der Waals surface area contributed by atoms with Crippen molar-refractivity contribution in [1.82, 2.24) is 10.6 Å². The van der Waals surface area contributed by atoms with Gasteiger partial charge in [0.15, 0.2) is 0 Å². The summed E-state index contributed by atoms with van der Waals surface area (Å²) in [5.41, 5.74) is 2.24. The third kappa shape index (κ3) is 6.09. The third-order valence-electron chi connectivity index (χ3n) is 4.56. The van der Waals surface area contributed by atoms with Crippen LogP contribution in [-0.4, -0.2) is 46.1 Å². The van der Waals surface area contributed by atoms with Gasteiger partial charge in [0.05, 0.1) is 18.4 Å². The van der Waals surface area contributed by atoms with Crippen molar-refractivity contribution in [3.8, 4) is 5.75 Å². The molecule has 0 aliphatic rings. The summed E-state index contributed by atoms with van der Waals surface area (Å²) < 4.78 is 5.15. The summed E-state index contributed by atoms with van der Waals surface area (Å²) >= 11 is 0. The number of benzene rings is 2. The highest BCUT2D eigenvalue weighted by atomic mass is 16.5. The Morgan fingerprint density at radius 2 is 1.75 bits per heavy atom. The smallest absolute Gasteiger partial charge is 0.253 e. The second kappa shape index (κ2) is 11.1. The highest BCUT2D eigenvalue weighted by molar-refractivity contribution is 6.04. The van der Waals surface area contributed by atoms with Gasteiger partial charge in [-0.25, -0.2) is 0 Å². The zero-order chi connectivity index (χ0) is 20.4. The molecular weight excluding hydrogens is 354 g/mol. The fourth-order valence-electron chi connectivity index (χ4n) is 2.88. The molecule has 2 amide bonds. The molecule has 0 saturated heterocycles. The van der Waals surface area contributed by atoms with E-state index in [0.29, 0.717) is 24.2 Å². The lowest BCUT2D eigenvalue weighted by molar-refractivity contribution is -0.118. The normalized spacial score (nSPS) is 10.4. The zero-order valence-electron chi connectivity index (χ0n) is 16.8. The van der Waals surface area contributed by atoms with E-state index in [0.717, 1.165) is 30.7 Å². The number of carbonyl (C=O) groups is 2. The average molecular weight is 383 g/mol. The van der Waals surface area contributed by atoms with Crippen LogP contribution in [0.5, 0.6) is 5.75 Å². The van der Waals surface area contributed by atoms with Crippen molar-refractivity contribution in [3.63, 3.8) is 0 Å². The van der Waals surface area contributed by atoms with Crippen LogP contribution in [0.2, 0.25) is 0 Å². The molecule has 2 aromatic carbocycles. The number of ether oxygens (including phenoxy) is 1. The molecule has 0 saturated carbocycles. The number of methoxy groups -OCH3 is 1. The molecule has 0 bridgehead atoms. The van der Waals surface area contributed by atoms with Crippen LogP contribution in [-0.2, 0) is 11.2 Å². The van der Waals surface area contributed by atoms with Crippen LogP contribution in [0.1, 0.15) is 28.8 Å². The first-order chi connectivity index (χ1) is 13.6. The minimum atomic E-state index is -0.181. The lowest BCUT2D eigenvalue weighted by Crippen LogP contribution is -2.31. The van der Waals surface area contributed by atoms with E-state index in [1.54, 1.807) is 37.3 Å². The highest BCUT2D eigenvalue weighted by Gasteiger charge is 2.17. The number of carbonyl (C=O) groups excluding carboxylic acids is 2. The Morgan fingerprint density at radius 3 is 2.43 bits per heavy atom. The van der Waals surface area contributed by atoms with Gasteiger partial charge >= 0.3 is 0 Å². The molecule has 0 spiro atoms. The van der Waals surface area contributed by atoms with Gasteiger partial charge in [-0.05, 0) is 56.3 Å². The number of hydrogen-bond donors (Lipinski definition) is 2. The Kier molecular flexibility index (Phi) is 8.49. The van der Waals surface area contributed by atoms with Crippen molar-refractivity contribution in [3.05, 3.63) is 59.7 Å². The minimum Gasteiger partial charge on any atom is -0.497 e. The number of para-hydroxylation sites is 1. The van der Waals surface area contributed by atoms with Crippen LogP contribution in [0.4, 0.5) is 5.69 Å². The van der Waals surface area contributed by atoms with Crippen molar-refractivity contribution in [2.24, 2.45) is 0 Å². The van der Waals surface area contributed by atoms with Crippen molar-refractivity contribution < 1.29 is 14.3 Å². The van der Waals surface area contributed by atoms with Gasteiger partial charge in [0.25, 0.3) is 5.91 Å². The van der Waals surface area contributed by atoms with E-state index in [2.05, 4.69) is 10.6 Å². The molecule has 2 N–H and O–H groups in total. The van der Waals surface area contributed by atoms with Crippen LogP contribution >= 0.6 is 0 Å². The lowest BCUT2D eigenvalue weighted by atomic mass is 10.1. The third-order valence-corrected chi connectivity index (χ3v) is 4.56. The second-order valence-corrected chi connectivity index (χ2v) is 6.53. The summed E-state index contributed by atoms with van der Waals surface area (Å²) in [4.78, 5) is 26.6. The molecule has 0 aliphatic carbocycles. The summed E-state index contributed by atoms with van der Waals surface area (Å²) in [5.74, 6) is 0.622. The van der Waals surface area contributed by atoms with Gasteiger partial charge in [-0.15, -0.1) is 0 Å². The molecule has 150 valence electrons. The van der Waals surface area contributed by atoms with E-state index in [1.807, 2.05) is 37.4 Å². The Balaban J connectivity index is 1.96. The fraction of sp³-hybridized carbons (Fsp3) is 0.364. The van der Waals surface area contributed by atoms with Crippen LogP contribution in [0, 0.1) is 0 Å². The molecule has 0 aliphatic heterocycles. The molecule has 2 aromatic rings. The molecule has 0 radical (unpaired) electrons. The van der Waals surface area contributed by atoms with Gasteiger partial charge in [-0.1, -0.05) is 24.3 Å². The maximum Gasteiger partial charge on any atom is 0.253 e. The standard InChI is InChI=1S/C22H29N3O3/c1-23-15-6-9-21(26)25(2)20-8-5-4-7-19(20)22(27)24-16-14-17-10-12-18(28-3)13-11-17/h4-5,7-8,10-13,23H,6,9,14-16H2,1-3H3,(H,24,27). The zero-order valence-corrected chi connectivity index (χ0v) is 16.8. The van der Waals surface area contributed by atoms with Gasteiger partial charge < -0.3 is 20.3 Å². The van der Waals surface area contributed by atoms with E-state index in [1.165, 1.54) is 0 Å². The Morgan fingerprint density at radius 1 is 1.04 bits per heavy atom. The molecular formula is C22H29N3O3. The first-order valence-electron chi connectivity index (χ1n) is 9.48. The summed E-state index contributed by atoms with van der Waals surface area (Å²) in [6.07, 6.45) is 1.91. The number of nitrogens with zero attached hydrogens (tertiary/aromatic N) is 1. The molecule has 2 rings (SSSR count). The number of amides is 2. The minimum absolute atomic E-state index is 0.00580. The van der Waals surface area contributed by atoms with Crippen LogP contribution in [0.15, 0.2) is 48.5 Å². The summed E-state index contributed by atoms with van der Waals surface area (Å²) in [5, 5.41) is 5.98. The van der Waals surface area contributed by atoms with Crippen molar-refractivity contribution in [1.29, 1.82) is 0 Å². The summed E-state index contributed by atoms with van der Waals surface area (Å²) in [7, 11) is 5.21. The predicted molar refractivity (Wildman–Crippen MR) is 112 cm³/mol. The molecule has 0 heterocycles. The molecule has 28 heavy (non-hydrogen) atoms. The largest absolute Gasteiger partial charge is 0.497 e. The number of nitrogens with one attached hydrogen (secondary N) is 2. The quantitative estimate of drug-likeness (QED) is 0.619. The first-order valence-corrected chi connectivity index (χ1v) is 9.48. The maximum absolute atomic E-state index is 12.7. The lowest BCUT2D eigenvalue weighted by Gasteiger charge is -2.20. The van der Waals surface area contributed by atoms with E-state index in [9.17, 15) is 9.59 Å². The summed E-state index contributed by atoms with van der Waals surface area (Å²) in [6, 6.07) is 15.0. The SMILES string of the molecule is CNCCCC(=O)N(C)c1ccccc1C(=O)NCCc1ccc(OC)cc1. The predicted octanol–water partition coefficient (Wildman–Crippen LogP) is 2.63. The van der Waals surface area contributed by atoms with Crippen LogP contribution < -0.4 is 20.3 Å². The van der Waals surface area contributed by atoms with Crippen molar-refractivity contribution >= 4 is 17.5 Å². The average Bonchev–Trinajstić information content (AvgIpc) is 2.73. The highest BCUT2D eigenvalue weighted by Crippen LogP contribution is 2.20. The number of rotatable bonds is 10. The molecule has 6 nitrogen and oxygen atoms in total. The Bertz CT molecular complexity index is 775. The van der Waals surface area contributed by atoms with E-state index < -0.39 is 0 Å². The van der Waals surface area contributed by atoms with Gasteiger partial charge in [-0.3, -0.25) is 9.59 Å². The van der Waals surface area contributed by atoms with Crippen LogP contribution in [0.3, 0.4) is 0 Å². The van der Waals surface area contributed by atoms with Crippen molar-refractivity contribution in [2.45, 2.75) is 19.3 Å². The Hall–Kier alpha value is -2.86. The number of anilines is 1. The molecule has 6 heteroatoms. The molecule has 0 unspecified atom stereocenters. The first kappa shape index (κ1) is 21.4. The van der Waals surface area contributed by atoms with E-state index >= 15 is 0 Å². The maximum atomic E-state index is 12.7. The van der Waals surface area contributed by atoms with Gasteiger partial charge in [-0.2, -0.15) is 0 Å². The van der Waals surface area contributed by atoms with E-state index in [-0.39, 0.29) is 11.8 Å². The van der Waals surface area contributed by atoms with Crippen LogP contribution in [0.25, 0.3) is 0 Å².